The molecule has 0 aromatic carbocycles. The average molecular weight is 239 g/mol. The van der Waals surface area contributed by atoms with Crippen molar-refractivity contribution in [2.24, 2.45) is 11.1 Å². The highest BCUT2D eigenvalue weighted by Gasteiger charge is 2.25. The summed E-state index contributed by atoms with van der Waals surface area (Å²) in [5.74, 6) is -0.0953. The molecule has 3 N–H and O–H groups in total. The van der Waals surface area contributed by atoms with E-state index in [1.54, 1.807) is 4.90 Å². The molecule has 0 radical (unpaired) electrons. The number of aromatic amines is 1. The van der Waals surface area contributed by atoms with Crippen molar-refractivity contribution in [3.05, 3.63) is 11.9 Å². The second-order valence-corrected chi connectivity index (χ2v) is 4.95. The Balaban J connectivity index is 2.75. The summed E-state index contributed by atoms with van der Waals surface area (Å²) < 4.78 is 0. The molecule has 0 aliphatic rings. The lowest BCUT2D eigenvalue weighted by Crippen LogP contribution is -2.42. The molecule has 0 spiro atoms. The third-order valence-electron chi connectivity index (χ3n) is 2.59. The van der Waals surface area contributed by atoms with Gasteiger partial charge in [0.25, 0.3) is 5.91 Å². The van der Waals surface area contributed by atoms with Crippen molar-refractivity contribution in [3.63, 3.8) is 0 Å². The summed E-state index contributed by atoms with van der Waals surface area (Å²) in [5, 5.41) is 9.92. The van der Waals surface area contributed by atoms with Crippen LogP contribution in [0.3, 0.4) is 0 Å². The molecule has 1 amide bonds. The molecule has 0 saturated carbocycles. The standard InChI is InChI=1S/C11H21N5O/c1-4-5-16(8-11(2,3)7-12)10(17)9-6-13-15-14-9/h6H,4-5,7-8,12H2,1-3H3,(H,13,14,15). The molecule has 1 aromatic rings. The molecule has 17 heavy (non-hydrogen) atoms. The topological polar surface area (TPSA) is 87.9 Å². The van der Waals surface area contributed by atoms with Crippen LogP contribution in [0.25, 0.3) is 0 Å². The molecule has 0 unspecified atom stereocenters. The first-order valence-corrected chi connectivity index (χ1v) is 5.85. The Morgan fingerprint density at radius 2 is 2.29 bits per heavy atom. The third kappa shape index (κ3) is 3.81. The highest BCUT2D eigenvalue weighted by atomic mass is 16.2. The van der Waals surface area contributed by atoms with Gasteiger partial charge in [0.05, 0.1) is 6.20 Å². The molecule has 0 fully saturated rings. The summed E-state index contributed by atoms with van der Waals surface area (Å²) in [5.41, 5.74) is 5.96. The van der Waals surface area contributed by atoms with Crippen molar-refractivity contribution in [2.45, 2.75) is 27.2 Å². The van der Waals surface area contributed by atoms with E-state index >= 15 is 0 Å². The van der Waals surface area contributed by atoms with Gasteiger partial charge in [0, 0.05) is 13.1 Å². The van der Waals surface area contributed by atoms with Gasteiger partial charge < -0.3 is 10.6 Å². The van der Waals surface area contributed by atoms with Crippen LogP contribution in [0.4, 0.5) is 0 Å². The smallest absolute Gasteiger partial charge is 0.276 e. The minimum Gasteiger partial charge on any atom is -0.337 e. The number of carbonyl (C=O) groups is 1. The van der Waals surface area contributed by atoms with Crippen LogP contribution >= 0.6 is 0 Å². The number of carbonyl (C=O) groups excluding carboxylic acids is 1. The maximum atomic E-state index is 12.2. The van der Waals surface area contributed by atoms with E-state index in [1.165, 1.54) is 6.20 Å². The van der Waals surface area contributed by atoms with Crippen molar-refractivity contribution < 1.29 is 4.79 Å². The van der Waals surface area contributed by atoms with E-state index in [9.17, 15) is 4.79 Å². The lowest BCUT2D eigenvalue weighted by Gasteiger charge is -2.31. The van der Waals surface area contributed by atoms with Crippen molar-refractivity contribution >= 4 is 5.91 Å². The average Bonchev–Trinajstić information content (AvgIpc) is 2.81. The number of rotatable bonds is 6. The number of H-pyrrole nitrogens is 1. The Hall–Kier alpha value is -1.43. The first-order chi connectivity index (χ1) is 8.00. The molecule has 96 valence electrons. The van der Waals surface area contributed by atoms with E-state index in [0.29, 0.717) is 25.3 Å². The zero-order valence-electron chi connectivity index (χ0n) is 10.7. The molecule has 0 atom stereocenters. The molecule has 1 rings (SSSR count). The molecule has 0 aliphatic heterocycles. The second kappa shape index (κ2) is 5.77. The molecule has 6 nitrogen and oxygen atoms in total. The lowest BCUT2D eigenvalue weighted by molar-refractivity contribution is 0.0683. The predicted molar refractivity (Wildman–Crippen MR) is 65.4 cm³/mol. The van der Waals surface area contributed by atoms with Gasteiger partial charge in [-0.25, -0.2) is 0 Å². The van der Waals surface area contributed by atoms with Crippen LogP contribution in [0.1, 0.15) is 37.7 Å². The van der Waals surface area contributed by atoms with Crippen molar-refractivity contribution in [2.75, 3.05) is 19.6 Å². The fraction of sp³-hybridized carbons (Fsp3) is 0.727. The van der Waals surface area contributed by atoms with Gasteiger partial charge in [-0.15, -0.1) is 0 Å². The molecular formula is C11H21N5O. The van der Waals surface area contributed by atoms with Crippen LogP contribution in [-0.4, -0.2) is 45.9 Å². The fourth-order valence-corrected chi connectivity index (χ4v) is 1.57. The summed E-state index contributed by atoms with van der Waals surface area (Å²) in [7, 11) is 0. The van der Waals surface area contributed by atoms with Gasteiger partial charge in [0.2, 0.25) is 0 Å². The summed E-state index contributed by atoms with van der Waals surface area (Å²) >= 11 is 0. The number of hydrogen-bond donors (Lipinski definition) is 2. The number of hydrogen-bond acceptors (Lipinski definition) is 4. The van der Waals surface area contributed by atoms with Crippen molar-refractivity contribution in [3.8, 4) is 0 Å². The van der Waals surface area contributed by atoms with Gasteiger partial charge in [0.1, 0.15) is 0 Å². The van der Waals surface area contributed by atoms with Gasteiger partial charge in [-0.3, -0.25) is 4.79 Å². The summed E-state index contributed by atoms with van der Waals surface area (Å²) in [6.07, 6.45) is 2.35. The van der Waals surface area contributed by atoms with Crippen molar-refractivity contribution in [1.29, 1.82) is 0 Å². The summed E-state index contributed by atoms with van der Waals surface area (Å²) in [6.45, 7) is 8.01. The molecule has 1 heterocycles. The molecule has 0 bridgehead atoms. The van der Waals surface area contributed by atoms with Gasteiger partial charge in [0.15, 0.2) is 5.69 Å². The minimum absolute atomic E-state index is 0.0887. The predicted octanol–water partition coefficient (Wildman–Crippen LogP) is 0.642. The normalized spacial score (nSPS) is 11.5. The van der Waals surface area contributed by atoms with E-state index in [4.69, 9.17) is 5.73 Å². The quantitative estimate of drug-likeness (QED) is 0.762. The number of amides is 1. The Morgan fingerprint density at radius 1 is 1.59 bits per heavy atom. The highest BCUT2D eigenvalue weighted by Crippen LogP contribution is 2.16. The Kier molecular flexibility index (Phi) is 4.62. The molecule has 0 saturated heterocycles. The first-order valence-electron chi connectivity index (χ1n) is 5.85. The second-order valence-electron chi connectivity index (χ2n) is 4.95. The number of nitrogens with one attached hydrogen (secondary N) is 1. The summed E-state index contributed by atoms with van der Waals surface area (Å²) in [4.78, 5) is 13.9. The maximum absolute atomic E-state index is 12.2. The number of nitrogens with zero attached hydrogens (tertiary/aromatic N) is 3. The molecular weight excluding hydrogens is 218 g/mol. The highest BCUT2D eigenvalue weighted by molar-refractivity contribution is 5.91. The van der Waals surface area contributed by atoms with Crippen LogP contribution in [0.2, 0.25) is 0 Å². The van der Waals surface area contributed by atoms with Crippen LogP contribution < -0.4 is 5.73 Å². The SMILES string of the molecule is CCCN(CC(C)(C)CN)C(=O)c1cn[nH]n1. The number of nitrogens with two attached hydrogens (primary N) is 1. The minimum atomic E-state index is -0.0953. The van der Waals surface area contributed by atoms with Crippen LogP contribution in [0, 0.1) is 5.41 Å². The van der Waals surface area contributed by atoms with E-state index < -0.39 is 0 Å². The zero-order valence-corrected chi connectivity index (χ0v) is 10.7. The van der Waals surface area contributed by atoms with Gasteiger partial charge in [-0.05, 0) is 18.4 Å². The molecule has 0 aliphatic carbocycles. The van der Waals surface area contributed by atoms with Gasteiger partial charge in [-0.2, -0.15) is 15.4 Å². The third-order valence-corrected chi connectivity index (χ3v) is 2.59. The van der Waals surface area contributed by atoms with Crippen LogP contribution in [0.15, 0.2) is 6.20 Å². The number of aromatic nitrogens is 3. The monoisotopic (exact) mass is 239 g/mol. The Labute approximate surface area is 102 Å². The molecule has 6 heteroatoms. The van der Waals surface area contributed by atoms with E-state index in [-0.39, 0.29) is 11.3 Å². The fourth-order valence-electron chi connectivity index (χ4n) is 1.57. The van der Waals surface area contributed by atoms with Crippen molar-refractivity contribution in [1.82, 2.24) is 20.3 Å². The Bertz CT molecular complexity index is 347. The largest absolute Gasteiger partial charge is 0.337 e. The van der Waals surface area contributed by atoms with Crippen LogP contribution in [0.5, 0.6) is 0 Å². The first kappa shape index (κ1) is 13.6. The van der Waals surface area contributed by atoms with E-state index in [2.05, 4.69) is 15.4 Å². The maximum Gasteiger partial charge on any atom is 0.276 e. The zero-order chi connectivity index (χ0) is 12.9. The van der Waals surface area contributed by atoms with E-state index in [0.717, 1.165) is 6.42 Å². The Morgan fingerprint density at radius 3 is 2.76 bits per heavy atom. The van der Waals surface area contributed by atoms with Gasteiger partial charge >= 0.3 is 0 Å². The lowest BCUT2D eigenvalue weighted by atomic mass is 9.93. The van der Waals surface area contributed by atoms with Crippen LogP contribution in [-0.2, 0) is 0 Å². The summed E-state index contributed by atoms with van der Waals surface area (Å²) in [6, 6.07) is 0. The van der Waals surface area contributed by atoms with E-state index in [1.807, 2.05) is 20.8 Å². The van der Waals surface area contributed by atoms with Gasteiger partial charge in [-0.1, -0.05) is 20.8 Å². The molecule has 1 aromatic heterocycles.